The van der Waals surface area contributed by atoms with E-state index in [0.29, 0.717) is 18.1 Å². The molecule has 0 spiro atoms. The Hall–Kier alpha value is -1.10. The second kappa shape index (κ2) is 5.04. The summed E-state index contributed by atoms with van der Waals surface area (Å²) in [5.74, 6) is 1.29. The summed E-state index contributed by atoms with van der Waals surface area (Å²) >= 11 is 3.35. The Balaban J connectivity index is 2.34. The first kappa shape index (κ1) is 12.4. The first-order chi connectivity index (χ1) is 8.13. The molecule has 1 aromatic heterocycles. The van der Waals surface area contributed by atoms with Gasteiger partial charge >= 0.3 is 0 Å². The molecule has 0 bridgehead atoms. The lowest BCUT2D eigenvalue weighted by atomic mass is 10.2. The standard InChI is InChI=1S/C12H15BrN2O2/c1-3-4-5-15-11-10(6-9(13)7-14-11)17-8(2)12(15)16/h6-8H,3-5H2,1-2H3. The Kier molecular flexibility index (Phi) is 3.66. The third kappa shape index (κ3) is 2.44. The Labute approximate surface area is 109 Å². The van der Waals surface area contributed by atoms with Crippen molar-refractivity contribution in [3.63, 3.8) is 0 Å². The molecule has 4 nitrogen and oxygen atoms in total. The van der Waals surface area contributed by atoms with E-state index in [1.807, 2.05) is 6.07 Å². The van der Waals surface area contributed by atoms with Gasteiger partial charge in [0.2, 0.25) is 0 Å². The van der Waals surface area contributed by atoms with Gasteiger partial charge in [-0.2, -0.15) is 0 Å². The molecule has 0 aromatic carbocycles. The van der Waals surface area contributed by atoms with Crippen LogP contribution in [0.2, 0.25) is 0 Å². The number of hydrogen-bond acceptors (Lipinski definition) is 3. The van der Waals surface area contributed by atoms with Crippen molar-refractivity contribution in [3.8, 4) is 5.75 Å². The molecule has 0 N–H and O–H groups in total. The minimum Gasteiger partial charge on any atom is -0.477 e. The van der Waals surface area contributed by atoms with Crippen LogP contribution in [-0.2, 0) is 4.79 Å². The monoisotopic (exact) mass is 298 g/mol. The average molecular weight is 299 g/mol. The second-order valence-electron chi connectivity index (χ2n) is 4.08. The highest BCUT2D eigenvalue weighted by Crippen LogP contribution is 2.34. The lowest BCUT2D eigenvalue weighted by Crippen LogP contribution is -2.45. The van der Waals surface area contributed by atoms with Gasteiger partial charge < -0.3 is 4.74 Å². The topological polar surface area (TPSA) is 42.4 Å². The van der Waals surface area contributed by atoms with E-state index in [1.54, 1.807) is 18.0 Å². The van der Waals surface area contributed by atoms with Gasteiger partial charge in [-0.3, -0.25) is 9.69 Å². The Morgan fingerprint density at radius 1 is 1.59 bits per heavy atom. The van der Waals surface area contributed by atoms with Crippen LogP contribution in [0.3, 0.4) is 0 Å². The normalized spacial score (nSPS) is 18.9. The van der Waals surface area contributed by atoms with Gasteiger partial charge in [-0.05, 0) is 35.3 Å². The molecule has 17 heavy (non-hydrogen) atoms. The minimum atomic E-state index is -0.435. The zero-order valence-electron chi connectivity index (χ0n) is 9.94. The second-order valence-corrected chi connectivity index (χ2v) is 4.99. The molecule has 0 fully saturated rings. The summed E-state index contributed by atoms with van der Waals surface area (Å²) < 4.78 is 6.41. The molecule has 5 heteroatoms. The molecule has 92 valence electrons. The molecule has 1 aliphatic heterocycles. The van der Waals surface area contributed by atoms with Gasteiger partial charge in [0.25, 0.3) is 5.91 Å². The highest BCUT2D eigenvalue weighted by Gasteiger charge is 2.32. The highest BCUT2D eigenvalue weighted by atomic mass is 79.9. The van der Waals surface area contributed by atoms with E-state index in [0.717, 1.165) is 17.3 Å². The summed E-state index contributed by atoms with van der Waals surface area (Å²) in [6, 6.07) is 1.85. The number of ether oxygens (including phenoxy) is 1. The molecule has 0 aliphatic carbocycles. The third-order valence-corrected chi connectivity index (χ3v) is 3.14. The van der Waals surface area contributed by atoms with Crippen LogP contribution in [-0.4, -0.2) is 23.5 Å². The average Bonchev–Trinajstić information content (AvgIpc) is 2.30. The number of hydrogen-bond donors (Lipinski definition) is 0. The fraction of sp³-hybridized carbons (Fsp3) is 0.500. The largest absolute Gasteiger partial charge is 0.477 e. The number of carbonyl (C=O) groups excluding carboxylic acids is 1. The fourth-order valence-corrected chi connectivity index (χ4v) is 2.11. The Morgan fingerprint density at radius 2 is 2.35 bits per heavy atom. The van der Waals surface area contributed by atoms with Crippen molar-refractivity contribution in [1.29, 1.82) is 0 Å². The Bertz CT molecular complexity index is 437. The summed E-state index contributed by atoms with van der Waals surface area (Å²) in [6.45, 7) is 4.57. The summed E-state index contributed by atoms with van der Waals surface area (Å²) in [5, 5.41) is 0. The van der Waals surface area contributed by atoms with Crippen molar-refractivity contribution in [1.82, 2.24) is 4.98 Å². The van der Waals surface area contributed by atoms with Crippen molar-refractivity contribution < 1.29 is 9.53 Å². The minimum absolute atomic E-state index is 0.0132. The van der Waals surface area contributed by atoms with Crippen molar-refractivity contribution in [2.24, 2.45) is 0 Å². The SMILES string of the molecule is CCCCN1C(=O)C(C)Oc2cc(Br)cnc21. The molecule has 0 saturated carbocycles. The van der Waals surface area contributed by atoms with E-state index >= 15 is 0 Å². The van der Waals surface area contributed by atoms with E-state index in [-0.39, 0.29) is 5.91 Å². The summed E-state index contributed by atoms with van der Waals surface area (Å²) in [6.07, 6.45) is 3.26. The number of carbonyl (C=O) groups is 1. The summed E-state index contributed by atoms with van der Waals surface area (Å²) in [7, 11) is 0. The van der Waals surface area contributed by atoms with Crippen LogP contribution < -0.4 is 9.64 Å². The quantitative estimate of drug-likeness (QED) is 0.862. The van der Waals surface area contributed by atoms with Gasteiger partial charge in [0.1, 0.15) is 0 Å². The van der Waals surface area contributed by atoms with E-state index in [9.17, 15) is 4.79 Å². The molecular formula is C12H15BrN2O2. The van der Waals surface area contributed by atoms with E-state index in [2.05, 4.69) is 27.8 Å². The summed E-state index contributed by atoms with van der Waals surface area (Å²) in [4.78, 5) is 18.0. The van der Waals surface area contributed by atoms with Gasteiger partial charge in [0, 0.05) is 17.2 Å². The lowest BCUT2D eigenvalue weighted by molar-refractivity contribution is -0.125. The lowest BCUT2D eigenvalue weighted by Gasteiger charge is -2.31. The number of fused-ring (bicyclic) bond motifs is 1. The third-order valence-electron chi connectivity index (χ3n) is 2.71. The Morgan fingerprint density at radius 3 is 3.06 bits per heavy atom. The summed E-state index contributed by atoms with van der Waals surface area (Å²) in [5.41, 5.74) is 0. The molecule has 1 atom stereocenters. The highest BCUT2D eigenvalue weighted by molar-refractivity contribution is 9.10. The van der Waals surface area contributed by atoms with E-state index in [1.165, 1.54) is 0 Å². The maximum absolute atomic E-state index is 12.0. The number of halogens is 1. The molecule has 1 unspecified atom stereocenters. The van der Waals surface area contributed by atoms with Crippen LogP contribution in [0.15, 0.2) is 16.7 Å². The number of unbranched alkanes of at least 4 members (excludes halogenated alkanes) is 1. The molecule has 1 aromatic rings. The number of nitrogens with zero attached hydrogens (tertiary/aromatic N) is 2. The van der Waals surface area contributed by atoms with Crippen LogP contribution in [0.4, 0.5) is 5.82 Å². The number of aromatic nitrogens is 1. The number of anilines is 1. The number of amides is 1. The first-order valence-corrected chi connectivity index (χ1v) is 6.56. The predicted octanol–water partition coefficient (Wildman–Crippen LogP) is 2.76. The van der Waals surface area contributed by atoms with Gasteiger partial charge in [-0.15, -0.1) is 0 Å². The van der Waals surface area contributed by atoms with Crippen LogP contribution in [0, 0.1) is 0 Å². The molecule has 2 heterocycles. The smallest absolute Gasteiger partial charge is 0.269 e. The van der Waals surface area contributed by atoms with Gasteiger partial charge in [0.05, 0.1) is 0 Å². The first-order valence-electron chi connectivity index (χ1n) is 5.77. The molecule has 0 saturated heterocycles. The van der Waals surface area contributed by atoms with Gasteiger partial charge in [-0.1, -0.05) is 13.3 Å². The predicted molar refractivity (Wildman–Crippen MR) is 69.3 cm³/mol. The number of pyridine rings is 1. The van der Waals surface area contributed by atoms with Crippen molar-refractivity contribution in [3.05, 3.63) is 16.7 Å². The van der Waals surface area contributed by atoms with Gasteiger partial charge in [-0.25, -0.2) is 4.98 Å². The molecular weight excluding hydrogens is 284 g/mol. The molecule has 0 radical (unpaired) electrons. The van der Waals surface area contributed by atoms with Gasteiger partial charge in [0.15, 0.2) is 17.7 Å². The zero-order valence-corrected chi connectivity index (χ0v) is 11.5. The molecule has 1 amide bonds. The van der Waals surface area contributed by atoms with Crippen LogP contribution in [0.1, 0.15) is 26.7 Å². The van der Waals surface area contributed by atoms with Crippen LogP contribution in [0.25, 0.3) is 0 Å². The molecule has 2 rings (SSSR count). The van der Waals surface area contributed by atoms with E-state index in [4.69, 9.17) is 4.74 Å². The zero-order chi connectivity index (χ0) is 12.4. The van der Waals surface area contributed by atoms with Crippen molar-refractivity contribution in [2.45, 2.75) is 32.8 Å². The molecule has 1 aliphatic rings. The fourth-order valence-electron chi connectivity index (χ4n) is 1.80. The van der Waals surface area contributed by atoms with Crippen LogP contribution in [0.5, 0.6) is 5.75 Å². The maximum Gasteiger partial charge on any atom is 0.269 e. The van der Waals surface area contributed by atoms with E-state index < -0.39 is 6.10 Å². The van der Waals surface area contributed by atoms with Crippen molar-refractivity contribution in [2.75, 3.05) is 11.4 Å². The maximum atomic E-state index is 12.0. The number of rotatable bonds is 3. The van der Waals surface area contributed by atoms with Crippen LogP contribution >= 0.6 is 15.9 Å². The van der Waals surface area contributed by atoms with Crippen molar-refractivity contribution >= 4 is 27.7 Å².